The molecule has 2 aromatic carbocycles. The van der Waals surface area contributed by atoms with Crippen molar-refractivity contribution in [1.82, 2.24) is 5.32 Å². The molecule has 0 unspecified atom stereocenters. The van der Waals surface area contributed by atoms with Gasteiger partial charge in [-0.05, 0) is 68.5 Å². The third kappa shape index (κ3) is 4.08. The Bertz CT molecular complexity index is 1180. The Kier molecular flexibility index (Phi) is 5.10. The number of hydrogen-bond donors (Lipinski definition) is 1. The number of carbonyl (C=O) groups is 1. The lowest BCUT2D eigenvalue weighted by atomic mass is 9.92. The summed E-state index contributed by atoms with van der Waals surface area (Å²) in [7, 11) is 0. The summed E-state index contributed by atoms with van der Waals surface area (Å²) in [5, 5.41) is 3.58. The van der Waals surface area contributed by atoms with Gasteiger partial charge in [0.25, 0.3) is 0 Å². The number of amides is 1. The number of aryl methyl sites for hydroxylation is 2. The first-order chi connectivity index (χ1) is 14.2. The second kappa shape index (κ2) is 7.59. The van der Waals surface area contributed by atoms with E-state index >= 15 is 0 Å². The minimum Gasteiger partial charge on any atom is -0.487 e. The highest BCUT2D eigenvalue weighted by molar-refractivity contribution is 5.86. The summed E-state index contributed by atoms with van der Waals surface area (Å²) in [5.41, 5.74) is 2.63. The molecule has 1 aliphatic heterocycles. The average Bonchev–Trinajstić information content (AvgIpc) is 2.69. The van der Waals surface area contributed by atoms with Crippen LogP contribution in [-0.2, 0) is 24.2 Å². The van der Waals surface area contributed by atoms with Gasteiger partial charge in [-0.15, -0.1) is 0 Å². The van der Waals surface area contributed by atoms with E-state index in [1.54, 1.807) is 18.2 Å². The van der Waals surface area contributed by atoms with E-state index < -0.39 is 5.63 Å². The number of ether oxygens (including phenoxy) is 1. The molecule has 1 aliphatic rings. The van der Waals surface area contributed by atoms with Crippen molar-refractivity contribution in [3.05, 3.63) is 74.9 Å². The number of nitrogens with one attached hydrogen (secondary N) is 1. The van der Waals surface area contributed by atoms with Crippen LogP contribution in [0.1, 0.15) is 42.5 Å². The van der Waals surface area contributed by atoms with Crippen LogP contribution in [-0.4, -0.2) is 11.5 Å². The van der Waals surface area contributed by atoms with Gasteiger partial charge in [-0.25, -0.2) is 9.18 Å². The van der Waals surface area contributed by atoms with Crippen LogP contribution >= 0.6 is 0 Å². The zero-order valence-corrected chi connectivity index (χ0v) is 17.3. The zero-order valence-electron chi connectivity index (χ0n) is 17.3. The molecule has 1 N–H and O–H groups in total. The van der Waals surface area contributed by atoms with Crippen LogP contribution in [0.4, 0.5) is 4.39 Å². The van der Waals surface area contributed by atoms with Crippen LogP contribution in [0, 0.1) is 12.7 Å². The fourth-order valence-corrected chi connectivity index (χ4v) is 3.77. The predicted molar refractivity (Wildman–Crippen MR) is 112 cm³/mol. The van der Waals surface area contributed by atoms with E-state index in [0.717, 1.165) is 40.7 Å². The van der Waals surface area contributed by atoms with Crippen LogP contribution in [0.3, 0.4) is 0 Å². The van der Waals surface area contributed by atoms with Crippen molar-refractivity contribution < 1.29 is 18.3 Å². The molecule has 6 heteroatoms. The number of benzene rings is 2. The molecule has 0 radical (unpaired) electrons. The Morgan fingerprint density at radius 2 is 1.93 bits per heavy atom. The van der Waals surface area contributed by atoms with E-state index in [9.17, 15) is 14.0 Å². The molecule has 2 heterocycles. The Morgan fingerprint density at radius 1 is 1.20 bits per heavy atom. The summed E-state index contributed by atoms with van der Waals surface area (Å²) in [6.07, 6.45) is 1.70. The number of rotatable bonds is 4. The molecule has 0 spiro atoms. The highest BCUT2D eigenvalue weighted by Crippen LogP contribution is 2.36. The minimum atomic E-state index is -0.521. The second-order valence-corrected chi connectivity index (χ2v) is 8.39. The normalized spacial score (nSPS) is 14.8. The third-order valence-electron chi connectivity index (χ3n) is 5.59. The smallest absolute Gasteiger partial charge is 0.340 e. The predicted octanol–water partition coefficient (Wildman–Crippen LogP) is 4.20. The van der Waals surface area contributed by atoms with E-state index in [-0.39, 0.29) is 30.3 Å². The van der Waals surface area contributed by atoms with Crippen molar-refractivity contribution in [1.29, 1.82) is 0 Å². The SMILES string of the molecule is Cc1c(CC(=O)NCc2ccc(F)cc2)c(=O)oc2cc3c(cc12)CCC(C)(C)O3. The van der Waals surface area contributed by atoms with Crippen LogP contribution in [0.15, 0.2) is 45.6 Å². The first-order valence-electron chi connectivity index (χ1n) is 10.0. The van der Waals surface area contributed by atoms with Crippen molar-refractivity contribution >= 4 is 16.9 Å². The van der Waals surface area contributed by atoms with E-state index in [1.165, 1.54) is 12.1 Å². The molecule has 0 bridgehead atoms. The molecular formula is C24H24FNO4. The highest BCUT2D eigenvalue weighted by Gasteiger charge is 2.27. The maximum absolute atomic E-state index is 13.0. The van der Waals surface area contributed by atoms with Crippen molar-refractivity contribution in [2.24, 2.45) is 0 Å². The molecule has 156 valence electrons. The van der Waals surface area contributed by atoms with Gasteiger partial charge in [-0.3, -0.25) is 4.79 Å². The van der Waals surface area contributed by atoms with E-state index in [4.69, 9.17) is 9.15 Å². The standard InChI is InChI=1S/C24H24FNO4/c1-14-18-10-16-8-9-24(2,3)30-20(16)12-21(18)29-23(28)19(14)11-22(27)26-13-15-4-6-17(25)7-5-15/h4-7,10,12H,8-9,11,13H2,1-3H3,(H,26,27). The fraction of sp³-hybridized carbons (Fsp3) is 0.333. The van der Waals surface area contributed by atoms with Gasteiger partial charge in [-0.1, -0.05) is 12.1 Å². The van der Waals surface area contributed by atoms with Crippen molar-refractivity contribution in [2.45, 2.75) is 52.2 Å². The number of hydrogen-bond acceptors (Lipinski definition) is 4. The Hall–Kier alpha value is -3.15. The van der Waals surface area contributed by atoms with E-state index in [0.29, 0.717) is 11.1 Å². The maximum atomic E-state index is 13.0. The molecular weight excluding hydrogens is 385 g/mol. The van der Waals surface area contributed by atoms with Crippen LogP contribution in [0.5, 0.6) is 5.75 Å². The quantitative estimate of drug-likeness (QED) is 0.656. The molecule has 0 atom stereocenters. The monoisotopic (exact) mass is 409 g/mol. The molecule has 4 rings (SSSR count). The maximum Gasteiger partial charge on any atom is 0.340 e. The molecule has 0 aliphatic carbocycles. The van der Waals surface area contributed by atoms with E-state index in [2.05, 4.69) is 5.32 Å². The average molecular weight is 409 g/mol. The lowest BCUT2D eigenvalue weighted by Crippen LogP contribution is -2.32. The number of halogens is 1. The van der Waals surface area contributed by atoms with Gasteiger partial charge >= 0.3 is 5.63 Å². The Labute approximate surface area is 173 Å². The molecule has 0 saturated carbocycles. The summed E-state index contributed by atoms with van der Waals surface area (Å²) >= 11 is 0. The van der Waals surface area contributed by atoms with Gasteiger partial charge in [0.05, 0.1) is 12.0 Å². The summed E-state index contributed by atoms with van der Waals surface area (Å²) < 4.78 is 24.6. The molecule has 1 aromatic heterocycles. The van der Waals surface area contributed by atoms with Gasteiger partial charge in [0, 0.05) is 18.0 Å². The number of fused-ring (bicyclic) bond motifs is 2. The Morgan fingerprint density at radius 3 is 2.67 bits per heavy atom. The van der Waals surface area contributed by atoms with Crippen molar-refractivity contribution in [3.8, 4) is 5.75 Å². The van der Waals surface area contributed by atoms with Gasteiger partial charge in [-0.2, -0.15) is 0 Å². The van der Waals surface area contributed by atoms with Gasteiger partial charge < -0.3 is 14.5 Å². The Balaban J connectivity index is 1.57. The lowest BCUT2D eigenvalue weighted by Gasteiger charge is -2.32. The number of carbonyl (C=O) groups excluding carboxylic acids is 1. The third-order valence-corrected chi connectivity index (χ3v) is 5.59. The molecule has 5 nitrogen and oxygen atoms in total. The first kappa shape index (κ1) is 20.1. The minimum absolute atomic E-state index is 0.0775. The molecule has 0 fully saturated rings. The molecule has 0 saturated heterocycles. The van der Waals surface area contributed by atoms with Crippen molar-refractivity contribution in [2.75, 3.05) is 0 Å². The molecule has 1 amide bonds. The van der Waals surface area contributed by atoms with Gasteiger partial charge in [0.1, 0.15) is 22.8 Å². The van der Waals surface area contributed by atoms with Crippen LogP contribution in [0.2, 0.25) is 0 Å². The largest absolute Gasteiger partial charge is 0.487 e. The topological polar surface area (TPSA) is 68.5 Å². The second-order valence-electron chi connectivity index (χ2n) is 8.39. The summed E-state index contributed by atoms with van der Waals surface area (Å²) in [6, 6.07) is 9.68. The van der Waals surface area contributed by atoms with Gasteiger partial charge in [0.2, 0.25) is 5.91 Å². The lowest BCUT2D eigenvalue weighted by molar-refractivity contribution is -0.120. The molecule has 30 heavy (non-hydrogen) atoms. The fourth-order valence-electron chi connectivity index (χ4n) is 3.77. The summed E-state index contributed by atoms with van der Waals surface area (Å²) in [5.74, 6) is 0.119. The van der Waals surface area contributed by atoms with Crippen LogP contribution < -0.4 is 15.7 Å². The summed E-state index contributed by atoms with van der Waals surface area (Å²) in [4.78, 5) is 25.0. The highest BCUT2D eigenvalue weighted by atomic mass is 19.1. The van der Waals surface area contributed by atoms with Crippen LogP contribution in [0.25, 0.3) is 11.0 Å². The first-order valence-corrected chi connectivity index (χ1v) is 10.0. The zero-order chi connectivity index (χ0) is 21.5. The van der Waals surface area contributed by atoms with Gasteiger partial charge in [0.15, 0.2) is 0 Å². The van der Waals surface area contributed by atoms with E-state index in [1.807, 2.05) is 26.8 Å². The summed E-state index contributed by atoms with van der Waals surface area (Å²) in [6.45, 7) is 6.17. The molecule has 3 aromatic rings. The van der Waals surface area contributed by atoms with Crippen molar-refractivity contribution in [3.63, 3.8) is 0 Å².